The predicted octanol–water partition coefficient (Wildman–Crippen LogP) is 4.43. The van der Waals surface area contributed by atoms with Crippen molar-refractivity contribution in [3.05, 3.63) is 77.4 Å². The summed E-state index contributed by atoms with van der Waals surface area (Å²) >= 11 is 0. The molecule has 0 fully saturated rings. The van der Waals surface area contributed by atoms with Crippen LogP contribution in [0.5, 0.6) is 5.75 Å². The number of hydrogen-bond donors (Lipinski definition) is 0. The zero-order valence-electron chi connectivity index (χ0n) is 14.2. The summed E-state index contributed by atoms with van der Waals surface area (Å²) in [5.41, 5.74) is 2.88. The topological polar surface area (TPSA) is 29.5 Å². The van der Waals surface area contributed by atoms with E-state index in [1.807, 2.05) is 68.6 Å². The number of ether oxygens (including phenoxy) is 1. The largest absolute Gasteiger partial charge is 0.496 e. The molecule has 3 aromatic carbocycles. The van der Waals surface area contributed by atoms with Gasteiger partial charge in [-0.3, -0.25) is 4.79 Å². The molecule has 0 saturated heterocycles. The Balaban J connectivity index is 1.91. The van der Waals surface area contributed by atoms with Gasteiger partial charge in [0.1, 0.15) is 5.75 Å². The van der Waals surface area contributed by atoms with Crippen molar-refractivity contribution in [3.8, 4) is 5.75 Å². The monoisotopic (exact) mass is 319 g/mol. The van der Waals surface area contributed by atoms with Crippen LogP contribution in [0.1, 0.15) is 21.5 Å². The molecule has 3 rings (SSSR count). The Morgan fingerprint density at radius 3 is 2.58 bits per heavy atom. The van der Waals surface area contributed by atoms with E-state index in [2.05, 4.69) is 6.07 Å². The van der Waals surface area contributed by atoms with Crippen molar-refractivity contribution < 1.29 is 9.53 Å². The van der Waals surface area contributed by atoms with Gasteiger partial charge in [0.15, 0.2) is 0 Å². The minimum absolute atomic E-state index is 0.00959. The maximum Gasteiger partial charge on any atom is 0.254 e. The fourth-order valence-corrected chi connectivity index (χ4v) is 2.98. The Morgan fingerprint density at radius 1 is 1.04 bits per heavy atom. The minimum Gasteiger partial charge on any atom is -0.496 e. The van der Waals surface area contributed by atoms with Gasteiger partial charge in [-0.15, -0.1) is 0 Å². The van der Waals surface area contributed by atoms with Crippen LogP contribution in [0.4, 0.5) is 0 Å². The molecule has 3 nitrogen and oxygen atoms in total. The van der Waals surface area contributed by atoms with Gasteiger partial charge in [0.05, 0.1) is 7.11 Å². The first-order valence-corrected chi connectivity index (χ1v) is 7.97. The number of rotatable bonds is 4. The van der Waals surface area contributed by atoms with E-state index >= 15 is 0 Å². The van der Waals surface area contributed by atoms with Gasteiger partial charge in [0.2, 0.25) is 0 Å². The van der Waals surface area contributed by atoms with Gasteiger partial charge in [-0.2, -0.15) is 0 Å². The van der Waals surface area contributed by atoms with E-state index in [0.717, 1.165) is 33.2 Å². The van der Waals surface area contributed by atoms with E-state index in [0.29, 0.717) is 6.54 Å². The highest BCUT2D eigenvalue weighted by Gasteiger charge is 2.16. The second-order valence-electron chi connectivity index (χ2n) is 6.00. The zero-order chi connectivity index (χ0) is 17.1. The maximum absolute atomic E-state index is 12.9. The first kappa shape index (κ1) is 16.1. The van der Waals surface area contributed by atoms with Crippen LogP contribution in [0.25, 0.3) is 10.8 Å². The number of methoxy groups -OCH3 is 1. The van der Waals surface area contributed by atoms with Gasteiger partial charge < -0.3 is 9.64 Å². The van der Waals surface area contributed by atoms with Crippen LogP contribution in [0.2, 0.25) is 0 Å². The van der Waals surface area contributed by atoms with Crippen LogP contribution in [0.3, 0.4) is 0 Å². The summed E-state index contributed by atoms with van der Waals surface area (Å²) in [4.78, 5) is 14.7. The number of hydrogen-bond acceptors (Lipinski definition) is 2. The van der Waals surface area contributed by atoms with Crippen molar-refractivity contribution in [2.24, 2.45) is 0 Å². The third-order valence-electron chi connectivity index (χ3n) is 4.21. The fourth-order valence-electron chi connectivity index (χ4n) is 2.98. The molecule has 122 valence electrons. The van der Waals surface area contributed by atoms with Crippen molar-refractivity contribution in [1.82, 2.24) is 4.90 Å². The lowest BCUT2D eigenvalue weighted by Crippen LogP contribution is -2.26. The lowest BCUT2D eigenvalue weighted by Gasteiger charge is -2.20. The van der Waals surface area contributed by atoms with E-state index in [9.17, 15) is 4.79 Å². The smallest absolute Gasteiger partial charge is 0.254 e. The van der Waals surface area contributed by atoms with Gasteiger partial charge in [0.25, 0.3) is 5.91 Å². The third-order valence-corrected chi connectivity index (χ3v) is 4.21. The Bertz CT molecular complexity index is 881. The van der Waals surface area contributed by atoms with Crippen molar-refractivity contribution >= 4 is 16.7 Å². The summed E-state index contributed by atoms with van der Waals surface area (Å²) in [5.74, 6) is 0.813. The normalized spacial score (nSPS) is 10.6. The molecule has 0 aliphatic carbocycles. The Labute approximate surface area is 142 Å². The third kappa shape index (κ3) is 3.11. The molecule has 3 aromatic rings. The number of benzene rings is 3. The molecule has 0 N–H and O–H groups in total. The quantitative estimate of drug-likeness (QED) is 0.712. The number of carbonyl (C=O) groups is 1. The Kier molecular flexibility index (Phi) is 4.52. The number of fused-ring (bicyclic) bond motifs is 1. The molecule has 0 aromatic heterocycles. The molecule has 0 spiro atoms. The summed E-state index contributed by atoms with van der Waals surface area (Å²) in [7, 11) is 3.48. The van der Waals surface area contributed by atoms with E-state index in [1.165, 1.54) is 0 Å². The maximum atomic E-state index is 12.9. The van der Waals surface area contributed by atoms with E-state index in [-0.39, 0.29) is 5.91 Å². The highest BCUT2D eigenvalue weighted by Crippen LogP contribution is 2.23. The van der Waals surface area contributed by atoms with Crippen LogP contribution < -0.4 is 4.74 Å². The fraction of sp³-hybridized carbons (Fsp3) is 0.190. The highest BCUT2D eigenvalue weighted by atomic mass is 16.5. The second-order valence-corrected chi connectivity index (χ2v) is 6.00. The molecule has 0 bridgehead atoms. The minimum atomic E-state index is 0.00959. The summed E-state index contributed by atoms with van der Waals surface area (Å²) in [6.45, 7) is 2.54. The van der Waals surface area contributed by atoms with Gasteiger partial charge in [-0.1, -0.05) is 54.1 Å². The first-order valence-electron chi connectivity index (χ1n) is 7.97. The van der Waals surface area contributed by atoms with Crippen molar-refractivity contribution in [3.63, 3.8) is 0 Å². The van der Waals surface area contributed by atoms with Crippen LogP contribution in [-0.2, 0) is 6.54 Å². The predicted molar refractivity (Wildman–Crippen MR) is 97.5 cm³/mol. The summed E-state index contributed by atoms with van der Waals surface area (Å²) < 4.78 is 5.42. The van der Waals surface area contributed by atoms with Crippen LogP contribution >= 0.6 is 0 Å². The molecule has 0 saturated carbocycles. The highest BCUT2D eigenvalue weighted by molar-refractivity contribution is 6.06. The first-order chi connectivity index (χ1) is 11.6. The van der Waals surface area contributed by atoms with Gasteiger partial charge >= 0.3 is 0 Å². The Hall–Kier alpha value is -2.81. The molecular formula is C21H21NO2. The molecule has 0 heterocycles. The summed E-state index contributed by atoms with van der Waals surface area (Å²) in [6, 6.07) is 19.8. The molecular weight excluding hydrogens is 298 g/mol. The van der Waals surface area contributed by atoms with E-state index < -0.39 is 0 Å². The molecule has 3 heteroatoms. The summed E-state index contributed by atoms with van der Waals surface area (Å²) in [6.07, 6.45) is 0. The molecule has 0 aliphatic heterocycles. The molecule has 0 aliphatic rings. The SMILES string of the molecule is COc1ccc(C)cc1CN(C)C(=O)c1cccc2ccccc12. The van der Waals surface area contributed by atoms with Crippen molar-refractivity contribution in [2.75, 3.05) is 14.2 Å². The van der Waals surface area contributed by atoms with Crippen LogP contribution in [0.15, 0.2) is 60.7 Å². The van der Waals surface area contributed by atoms with Gasteiger partial charge in [-0.25, -0.2) is 0 Å². The lowest BCUT2D eigenvalue weighted by molar-refractivity contribution is 0.0786. The van der Waals surface area contributed by atoms with Crippen molar-refractivity contribution in [1.29, 1.82) is 0 Å². The Morgan fingerprint density at radius 2 is 1.79 bits per heavy atom. The molecule has 0 radical (unpaired) electrons. The molecule has 0 atom stereocenters. The summed E-state index contributed by atoms with van der Waals surface area (Å²) in [5, 5.41) is 2.05. The molecule has 1 amide bonds. The van der Waals surface area contributed by atoms with E-state index in [4.69, 9.17) is 4.74 Å². The molecule has 24 heavy (non-hydrogen) atoms. The standard InChI is InChI=1S/C21H21NO2/c1-15-11-12-20(24-3)17(13-15)14-22(2)21(23)19-10-6-8-16-7-4-5-9-18(16)19/h4-13H,14H2,1-3H3. The van der Waals surface area contributed by atoms with Crippen LogP contribution in [0, 0.1) is 6.92 Å². The van der Waals surface area contributed by atoms with Crippen LogP contribution in [-0.4, -0.2) is 25.0 Å². The number of nitrogens with zero attached hydrogens (tertiary/aromatic N) is 1. The number of amides is 1. The van der Waals surface area contributed by atoms with E-state index in [1.54, 1.807) is 12.0 Å². The number of aryl methyl sites for hydroxylation is 1. The molecule has 0 unspecified atom stereocenters. The van der Waals surface area contributed by atoms with Gasteiger partial charge in [0, 0.05) is 24.7 Å². The lowest BCUT2D eigenvalue weighted by atomic mass is 10.0. The zero-order valence-corrected chi connectivity index (χ0v) is 14.2. The van der Waals surface area contributed by atoms with Gasteiger partial charge in [-0.05, 0) is 29.8 Å². The average Bonchev–Trinajstić information content (AvgIpc) is 2.61. The van der Waals surface area contributed by atoms with Crippen molar-refractivity contribution in [2.45, 2.75) is 13.5 Å². The second kappa shape index (κ2) is 6.75. The average molecular weight is 319 g/mol. The number of carbonyl (C=O) groups excluding carboxylic acids is 1.